The van der Waals surface area contributed by atoms with Crippen molar-refractivity contribution in [1.82, 2.24) is 10.2 Å². The Bertz CT molecular complexity index is 1320. The molecule has 4 aromatic carbocycles. The first-order valence-corrected chi connectivity index (χ1v) is 12.7. The van der Waals surface area contributed by atoms with E-state index in [0.717, 1.165) is 22.3 Å². The summed E-state index contributed by atoms with van der Waals surface area (Å²) >= 11 is 1.62. The molecule has 1 unspecified atom stereocenters. The molecule has 0 saturated carbocycles. The fourth-order valence-corrected chi connectivity index (χ4v) is 5.36. The molecule has 1 N–H and O–H groups in total. The molecule has 5 nitrogen and oxygen atoms in total. The third kappa shape index (κ3) is 5.49. The van der Waals surface area contributed by atoms with Gasteiger partial charge < -0.3 is 15.0 Å². The summed E-state index contributed by atoms with van der Waals surface area (Å²) in [5, 5.41) is 5.15. The summed E-state index contributed by atoms with van der Waals surface area (Å²) in [4.78, 5) is 27.0. The first-order chi connectivity index (χ1) is 17.2. The number of nitrogens with zero attached hydrogens (tertiary/aromatic N) is 1. The molecule has 1 saturated heterocycles. The van der Waals surface area contributed by atoms with Crippen LogP contribution in [0.15, 0.2) is 97.1 Å². The normalized spacial score (nSPS) is 15.4. The quantitative estimate of drug-likeness (QED) is 0.341. The lowest BCUT2D eigenvalue weighted by Crippen LogP contribution is -2.28. The van der Waals surface area contributed by atoms with Gasteiger partial charge in [-0.15, -0.1) is 11.8 Å². The second kappa shape index (κ2) is 10.7. The number of carbonyl (C=O) groups excluding carboxylic acids is 2. The zero-order chi connectivity index (χ0) is 24.0. The largest absolute Gasteiger partial charge is 0.492 e. The van der Waals surface area contributed by atoms with Gasteiger partial charge in [0.1, 0.15) is 17.7 Å². The number of fused-ring (bicyclic) bond motifs is 1. The van der Waals surface area contributed by atoms with Crippen LogP contribution in [0, 0.1) is 0 Å². The summed E-state index contributed by atoms with van der Waals surface area (Å²) < 4.78 is 5.80. The molecule has 5 rings (SSSR count). The molecule has 0 aliphatic carbocycles. The highest BCUT2D eigenvalue weighted by Gasteiger charge is 2.32. The summed E-state index contributed by atoms with van der Waals surface area (Å²) in [5.74, 6) is 1.25. The maximum Gasteiger partial charge on any atom is 0.251 e. The Morgan fingerprint density at radius 3 is 2.46 bits per heavy atom. The van der Waals surface area contributed by atoms with Crippen LogP contribution < -0.4 is 10.1 Å². The highest BCUT2D eigenvalue weighted by molar-refractivity contribution is 8.00. The van der Waals surface area contributed by atoms with Crippen LogP contribution in [0.4, 0.5) is 0 Å². The molecule has 0 radical (unpaired) electrons. The molecule has 1 heterocycles. The van der Waals surface area contributed by atoms with Crippen LogP contribution in [0.25, 0.3) is 10.8 Å². The molecule has 1 fully saturated rings. The number of thioether (sulfide) groups is 1. The van der Waals surface area contributed by atoms with Crippen LogP contribution in [0.1, 0.15) is 26.9 Å². The zero-order valence-electron chi connectivity index (χ0n) is 19.2. The molecule has 35 heavy (non-hydrogen) atoms. The van der Waals surface area contributed by atoms with Crippen LogP contribution >= 0.6 is 11.8 Å². The van der Waals surface area contributed by atoms with Gasteiger partial charge in [-0.1, -0.05) is 72.8 Å². The first-order valence-electron chi connectivity index (χ1n) is 11.6. The highest BCUT2D eigenvalue weighted by atomic mass is 32.2. The number of rotatable bonds is 8. The second-order valence-corrected chi connectivity index (χ2v) is 9.47. The standard InChI is InChI=1S/C29H26N2O3S/c32-27-20-35-29(31(27)19-21-6-2-1-3-7-21)24-12-10-23(11-13-24)28(33)30-16-17-34-26-15-14-22-8-4-5-9-25(22)18-26/h1-15,18,29H,16-17,19-20H2,(H,30,33). The zero-order valence-corrected chi connectivity index (χ0v) is 20.0. The van der Waals surface area contributed by atoms with Crippen LogP contribution in [0.2, 0.25) is 0 Å². The molecule has 0 aromatic heterocycles. The van der Waals surface area contributed by atoms with E-state index in [9.17, 15) is 9.59 Å². The average Bonchev–Trinajstić information content (AvgIpc) is 3.26. The van der Waals surface area contributed by atoms with Crippen molar-refractivity contribution in [1.29, 1.82) is 0 Å². The molecule has 2 amide bonds. The predicted molar refractivity (Wildman–Crippen MR) is 140 cm³/mol. The second-order valence-electron chi connectivity index (χ2n) is 8.41. The number of nitrogens with one attached hydrogen (secondary N) is 1. The van der Waals surface area contributed by atoms with Crippen molar-refractivity contribution in [2.75, 3.05) is 18.9 Å². The van der Waals surface area contributed by atoms with Crippen LogP contribution in [-0.2, 0) is 11.3 Å². The number of amides is 2. The van der Waals surface area contributed by atoms with Crippen molar-refractivity contribution >= 4 is 34.3 Å². The topological polar surface area (TPSA) is 58.6 Å². The van der Waals surface area contributed by atoms with Gasteiger partial charge >= 0.3 is 0 Å². The monoisotopic (exact) mass is 482 g/mol. The van der Waals surface area contributed by atoms with E-state index in [1.54, 1.807) is 11.8 Å². The molecule has 4 aromatic rings. The summed E-state index contributed by atoms with van der Waals surface area (Å²) in [7, 11) is 0. The van der Waals surface area contributed by atoms with Gasteiger partial charge in [-0.25, -0.2) is 0 Å². The summed E-state index contributed by atoms with van der Waals surface area (Å²) in [5.41, 5.74) is 2.71. The first kappa shape index (κ1) is 23.0. The van der Waals surface area contributed by atoms with Gasteiger partial charge in [-0.2, -0.15) is 0 Å². The lowest BCUT2D eigenvalue weighted by Gasteiger charge is -2.24. The molecule has 0 bridgehead atoms. The van der Waals surface area contributed by atoms with Gasteiger partial charge in [-0.05, 0) is 46.2 Å². The third-order valence-corrected chi connectivity index (χ3v) is 7.26. The van der Waals surface area contributed by atoms with Crippen LogP contribution in [0.5, 0.6) is 5.75 Å². The van der Waals surface area contributed by atoms with Gasteiger partial charge in [0.2, 0.25) is 5.91 Å². The number of ether oxygens (including phenoxy) is 1. The molecule has 1 aliphatic rings. The number of carbonyl (C=O) groups is 2. The van der Waals surface area contributed by atoms with Gasteiger partial charge in [0.05, 0.1) is 12.3 Å². The number of benzene rings is 4. The molecular weight excluding hydrogens is 456 g/mol. The van der Waals surface area contributed by atoms with Crippen molar-refractivity contribution in [3.63, 3.8) is 0 Å². The van der Waals surface area contributed by atoms with E-state index in [2.05, 4.69) is 17.4 Å². The minimum absolute atomic E-state index is 0.0461. The predicted octanol–water partition coefficient (Wildman–Crippen LogP) is 5.42. The van der Waals surface area contributed by atoms with Gasteiger partial charge in [0.15, 0.2) is 0 Å². The maximum absolute atomic E-state index is 12.6. The van der Waals surface area contributed by atoms with E-state index in [0.29, 0.717) is 31.0 Å². The lowest BCUT2D eigenvalue weighted by atomic mass is 10.1. The van der Waals surface area contributed by atoms with Crippen molar-refractivity contribution < 1.29 is 14.3 Å². The van der Waals surface area contributed by atoms with Crippen molar-refractivity contribution in [3.8, 4) is 5.75 Å². The van der Waals surface area contributed by atoms with E-state index in [-0.39, 0.29) is 17.2 Å². The van der Waals surface area contributed by atoms with Gasteiger partial charge in [0.25, 0.3) is 5.91 Å². The molecule has 1 aliphatic heterocycles. The molecule has 1 atom stereocenters. The Morgan fingerprint density at radius 2 is 1.66 bits per heavy atom. The van der Waals surface area contributed by atoms with Crippen molar-refractivity contribution in [2.45, 2.75) is 11.9 Å². The Morgan fingerprint density at radius 1 is 0.914 bits per heavy atom. The molecule has 6 heteroatoms. The van der Waals surface area contributed by atoms with E-state index in [1.807, 2.05) is 89.8 Å². The third-order valence-electron chi connectivity index (χ3n) is 6.00. The molecule has 0 spiro atoms. The average molecular weight is 483 g/mol. The Balaban J connectivity index is 1.14. The van der Waals surface area contributed by atoms with Crippen LogP contribution in [0.3, 0.4) is 0 Å². The van der Waals surface area contributed by atoms with Crippen molar-refractivity contribution in [3.05, 3.63) is 114 Å². The summed E-state index contributed by atoms with van der Waals surface area (Å²) in [6.07, 6.45) is 0. The summed E-state index contributed by atoms with van der Waals surface area (Å²) in [6.45, 7) is 1.37. The van der Waals surface area contributed by atoms with Gasteiger partial charge in [-0.3, -0.25) is 9.59 Å². The maximum atomic E-state index is 12.6. The minimum Gasteiger partial charge on any atom is -0.492 e. The Kier molecular flexibility index (Phi) is 7.00. The minimum atomic E-state index is -0.144. The fourth-order valence-electron chi connectivity index (χ4n) is 4.17. The smallest absolute Gasteiger partial charge is 0.251 e. The van der Waals surface area contributed by atoms with Crippen LogP contribution in [-0.4, -0.2) is 35.6 Å². The van der Waals surface area contributed by atoms with Gasteiger partial charge in [0, 0.05) is 12.1 Å². The lowest BCUT2D eigenvalue weighted by molar-refractivity contribution is -0.128. The van der Waals surface area contributed by atoms with E-state index in [1.165, 1.54) is 5.39 Å². The molecular formula is C29H26N2O3S. The SMILES string of the molecule is O=C(NCCOc1ccc2ccccc2c1)c1ccc(C2SCC(=O)N2Cc2ccccc2)cc1. The van der Waals surface area contributed by atoms with Crippen molar-refractivity contribution in [2.24, 2.45) is 0 Å². The number of hydrogen-bond acceptors (Lipinski definition) is 4. The Labute approximate surface area is 209 Å². The van der Waals surface area contributed by atoms with E-state index < -0.39 is 0 Å². The summed E-state index contributed by atoms with van der Waals surface area (Å²) in [6, 6.07) is 31.6. The highest BCUT2D eigenvalue weighted by Crippen LogP contribution is 2.39. The number of hydrogen-bond donors (Lipinski definition) is 1. The molecule has 176 valence electrons. The van der Waals surface area contributed by atoms with E-state index in [4.69, 9.17) is 4.74 Å². The van der Waals surface area contributed by atoms with E-state index >= 15 is 0 Å². The fraction of sp³-hybridized carbons (Fsp3) is 0.172. The Hall–Kier alpha value is -3.77.